The maximum Gasteiger partial charge on any atom is 0.245 e. The number of nitrogens with zero attached hydrogens (tertiary/aromatic N) is 3. The van der Waals surface area contributed by atoms with Crippen LogP contribution in [0.5, 0.6) is 0 Å². The molecule has 0 radical (unpaired) electrons. The van der Waals surface area contributed by atoms with Crippen LogP contribution in [0, 0.1) is 0 Å². The quantitative estimate of drug-likeness (QED) is 0.876. The third-order valence-corrected chi connectivity index (χ3v) is 4.08. The molecule has 2 aromatic rings. The third-order valence-electron chi connectivity index (χ3n) is 3.75. The standard InChI is InChI=1S/C16H19ClN4O2/c1-2-4-14-19-15(23-20-14)10-18-13-9-11(6-7-12(13)17)21-8-3-5-16(21)22/h6-7,9,18H,2-5,8,10H2,1H3. The van der Waals surface area contributed by atoms with Gasteiger partial charge in [-0.15, -0.1) is 0 Å². The van der Waals surface area contributed by atoms with E-state index in [2.05, 4.69) is 22.4 Å². The van der Waals surface area contributed by atoms with E-state index < -0.39 is 0 Å². The molecule has 0 unspecified atom stereocenters. The first-order valence-electron chi connectivity index (χ1n) is 7.82. The van der Waals surface area contributed by atoms with E-state index in [9.17, 15) is 4.79 Å². The van der Waals surface area contributed by atoms with Gasteiger partial charge in [0.15, 0.2) is 5.82 Å². The van der Waals surface area contributed by atoms with Crippen molar-refractivity contribution in [2.24, 2.45) is 0 Å². The fourth-order valence-corrected chi connectivity index (χ4v) is 2.78. The minimum atomic E-state index is 0.152. The Morgan fingerprint density at radius 3 is 3.04 bits per heavy atom. The van der Waals surface area contributed by atoms with Crippen molar-refractivity contribution in [1.29, 1.82) is 0 Å². The average molecular weight is 335 g/mol. The van der Waals surface area contributed by atoms with E-state index in [0.29, 0.717) is 29.7 Å². The van der Waals surface area contributed by atoms with Gasteiger partial charge in [0, 0.05) is 25.1 Å². The first kappa shape index (κ1) is 15.8. The van der Waals surface area contributed by atoms with Gasteiger partial charge in [-0.25, -0.2) is 0 Å². The molecule has 122 valence electrons. The molecule has 1 aromatic heterocycles. The monoisotopic (exact) mass is 334 g/mol. The summed E-state index contributed by atoms with van der Waals surface area (Å²) in [6.45, 7) is 3.22. The van der Waals surface area contributed by atoms with E-state index in [1.807, 2.05) is 12.1 Å². The molecule has 1 aliphatic rings. The van der Waals surface area contributed by atoms with Crippen LogP contribution in [0.25, 0.3) is 0 Å². The molecule has 0 atom stereocenters. The van der Waals surface area contributed by atoms with Crippen LogP contribution < -0.4 is 10.2 Å². The Morgan fingerprint density at radius 2 is 2.30 bits per heavy atom. The molecular weight excluding hydrogens is 316 g/mol. The Morgan fingerprint density at radius 1 is 1.43 bits per heavy atom. The Hall–Kier alpha value is -2.08. The highest BCUT2D eigenvalue weighted by molar-refractivity contribution is 6.33. The summed E-state index contributed by atoms with van der Waals surface area (Å²) in [6.07, 6.45) is 3.28. The number of benzene rings is 1. The maximum absolute atomic E-state index is 11.9. The van der Waals surface area contributed by atoms with E-state index in [4.69, 9.17) is 16.1 Å². The third kappa shape index (κ3) is 3.64. The molecule has 23 heavy (non-hydrogen) atoms. The molecule has 0 bridgehead atoms. The van der Waals surface area contributed by atoms with Crippen molar-refractivity contribution in [2.75, 3.05) is 16.8 Å². The van der Waals surface area contributed by atoms with Gasteiger partial charge in [-0.2, -0.15) is 4.98 Å². The Labute approximate surface area is 139 Å². The topological polar surface area (TPSA) is 71.3 Å². The van der Waals surface area contributed by atoms with E-state index in [1.54, 1.807) is 11.0 Å². The van der Waals surface area contributed by atoms with Gasteiger partial charge in [0.2, 0.25) is 11.8 Å². The van der Waals surface area contributed by atoms with Crippen molar-refractivity contribution in [1.82, 2.24) is 10.1 Å². The summed E-state index contributed by atoms with van der Waals surface area (Å²) in [5.41, 5.74) is 1.61. The maximum atomic E-state index is 11.9. The SMILES string of the molecule is CCCc1noc(CNc2cc(N3CCCC3=O)ccc2Cl)n1. The van der Waals surface area contributed by atoms with Gasteiger partial charge in [-0.1, -0.05) is 23.7 Å². The smallest absolute Gasteiger partial charge is 0.245 e. The largest absolute Gasteiger partial charge is 0.375 e. The number of nitrogens with one attached hydrogen (secondary N) is 1. The van der Waals surface area contributed by atoms with Crippen molar-refractivity contribution in [3.8, 4) is 0 Å². The number of anilines is 2. The molecule has 1 amide bonds. The van der Waals surface area contributed by atoms with E-state index >= 15 is 0 Å². The number of amides is 1. The van der Waals surface area contributed by atoms with Crippen LogP contribution in [0.2, 0.25) is 5.02 Å². The van der Waals surface area contributed by atoms with Crippen LogP contribution in [0.4, 0.5) is 11.4 Å². The highest BCUT2D eigenvalue weighted by Crippen LogP contribution is 2.30. The van der Waals surface area contributed by atoms with Crippen LogP contribution >= 0.6 is 11.6 Å². The summed E-state index contributed by atoms with van der Waals surface area (Å²) in [5, 5.41) is 7.71. The number of aromatic nitrogens is 2. The molecule has 1 aliphatic heterocycles. The predicted molar refractivity (Wildman–Crippen MR) is 88.7 cm³/mol. The highest BCUT2D eigenvalue weighted by Gasteiger charge is 2.22. The van der Waals surface area contributed by atoms with Crippen LogP contribution in [0.3, 0.4) is 0 Å². The van der Waals surface area contributed by atoms with Crippen molar-refractivity contribution in [3.05, 3.63) is 34.9 Å². The summed E-state index contributed by atoms with van der Waals surface area (Å²) in [6, 6.07) is 5.54. The first-order valence-corrected chi connectivity index (χ1v) is 8.20. The molecule has 6 nitrogen and oxygen atoms in total. The van der Waals surface area contributed by atoms with Gasteiger partial charge in [0.05, 0.1) is 17.3 Å². The van der Waals surface area contributed by atoms with Crippen molar-refractivity contribution in [2.45, 2.75) is 39.2 Å². The Balaban J connectivity index is 1.70. The zero-order valence-electron chi connectivity index (χ0n) is 13.0. The zero-order chi connectivity index (χ0) is 16.2. The molecule has 3 rings (SSSR count). The number of hydrogen-bond acceptors (Lipinski definition) is 5. The lowest BCUT2D eigenvalue weighted by molar-refractivity contribution is -0.117. The Bertz CT molecular complexity index is 701. The summed E-state index contributed by atoms with van der Waals surface area (Å²) >= 11 is 6.23. The number of carbonyl (C=O) groups is 1. The van der Waals surface area contributed by atoms with E-state index in [1.165, 1.54) is 0 Å². The minimum absolute atomic E-state index is 0.152. The van der Waals surface area contributed by atoms with Crippen LogP contribution in [0.1, 0.15) is 37.9 Å². The average Bonchev–Trinajstić information content (AvgIpc) is 3.16. The molecule has 1 fully saturated rings. The minimum Gasteiger partial charge on any atom is -0.375 e. The fourth-order valence-electron chi connectivity index (χ4n) is 2.60. The molecule has 1 N–H and O–H groups in total. The summed E-state index contributed by atoms with van der Waals surface area (Å²) in [4.78, 5) is 17.9. The predicted octanol–water partition coefficient (Wildman–Crippen LogP) is 3.41. The molecule has 2 heterocycles. The number of carbonyl (C=O) groups excluding carboxylic acids is 1. The summed E-state index contributed by atoms with van der Waals surface area (Å²) in [5.74, 6) is 1.39. The normalized spacial score (nSPS) is 14.5. The molecule has 1 saturated heterocycles. The Kier molecular flexibility index (Phi) is 4.81. The van der Waals surface area contributed by atoms with E-state index in [-0.39, 0.29) is 5.91 Å². The molecule has 0 spiro atoms. The second-order valence-electron chi connectivity index (χ2n) is 5.52. The van der Waals surface area contributed by atoms with Gasteiger partial charge in [-0.05, 0) is 31.0 Å². The van der Waals surface area contributed by atoms with Crippen LogP contribution in [-0.2, 0) is 17.8 Å². The highest BCUT2D eigenvalue weighted by atomic mass is 35.5. The van der Waals surface area contributed by atoms with E-state index in [0.717, 1.165) is 37.2 Å². The first-order chi connectivity index (χ1) is 11.2. The number of rotatable bonds is 6. The fraction of sp³-hybridized carbons (Fsp3) is 0.438. The van der Waals surface area contributed by atoms with Gasteiger partial charge < -0.3 is 14.7 Å². The molecule has 0 aliphatic carbocycles. The number of halogens is 1. The van der Waals surface area contributed by atoms with Gasteiger partial charge in [0.1, 0.15) is 0 Å². The van der Waals surface area contributed by atoms with Crippen molar-refractivity contribution >= 4 is 28.9 Å². The summed E-state index contributed by atoms with van der Waals surface area (Å²) in [7, 11) is 0. The van der Waals surface area contributed by atoms with Crippen LogP contribution in [0.15, 0.2) is 22.7 Å². The van der Waals surface area contributed by atoms with Crippen LogP contribution in [-0.4, -0.2) is 22.6 Å². The second-order valence-corrected chi connectivity index (χ2v) is 5.93. The lowest BCUT2D eigenvalue weighted by Gasteiger charge is -2.17. The molecule has 7 heteroatoms. The second kappa shape index (κ2) is 7.00. The molecular formula is C16H19ClN4O2. The van der Waals surface area contributed by atoms with Gasteiger partial charge in [-0.3, -0.25) is 4.79 Å². The molecule has 1 aromatic carbocycles. The van der Waals surface area contributed by atoms with Gasteiger partial charge in [0.25, 0.3) is 0 Å². The number of hydrogen-bond donors (Lipinski definition) is 1. The summed E-state index contributed by atoms with van der Waals surface area (Å²) < 4.78 is 5.19. The van der Waals surface area contributed by atoms with Crippen molar-refractivity contribution in [3.63, 3.8) is 0 Å². The van der Waals surface area contributed by atoms with Gasteiger partial charge >= 0.3 is 0 Å². The molecule has 0 saturated carbocycles. The number of aryl methyl sites for hydroxylation is 1. The zero-order valence-corrected chi connectivity index (χ0v) is 13.8. The lowest BCUT2D eigenvalue weighted by Crippen LogP contribution is -2.23. The lowest BCUT2D eigenvalue weighted by atomic mass is 10.2. The van der Waals surface area contributed by atoms with Crippen molar-refractivity contribution < 1.29 is 9.32 Å².